The summed E-state index contributed by atoms with van der Waals surface area (Å²) in [6.45, 7) is 12.0. The second-order valence-corrected chi connectivity index (χ2v) is 6.32. The van der Waals surface area contributed by atoms with Crippen molar-refractivity contribution >= 4 is 11.6 Å². The Hall–Kier alpha value is -1.91. The van der Waals surface area contributed by atoms with Gasteiger partial charge >= 0.3 is 0 Å². The van der Waals surface area contributed by atoms with E-state index in [1.54, 1.807) is 14.2 Å². The third kappa shape index (κ3) is 4.53. The number of anilines is 1. The van der Waals surface area contributed by atoms with Crippen molar-refractivity contribution in [2.45, 2.75) is 59.7 Å². The molecule has 0 aliphatic rings. The van der Waals surface area contributed by atoms with E-state index in [-0.39, 0.29) is 24.0 Å². The number of amides is 1. The Bertz CT molecular complexity index is 533. The van der Waals surface area contributed by atoms with Gasteiger partial charge < -0.3 is 19.7 Å². The molecule has 0 spiro atoms. The van der Waals surface area contributed by atoms with Crippen LogP contribution in [0.25, 0.3) is 0 Å². The lowest BCUT2D eigenvalue weighted by atomic mass is 10.1. The SMILES string of the molecule is COc1cc(C)c(NC(C)C(=O)N(C(C)C)C(C)C)cc1OC. The first-order chi connectivity index (χ1) is 10.7. The zero-order valence-electron chi connectivity index (χ0n) is 15.6. The van der Waals surface area contributed by atoms with Crippen LogP contribution in [-0.2, 0) is 4.79 Å². The van der Waals surface area contributed by atoms with Crippen LogP contribution in [-0.4, -0.2) is 43.2 Å². The molecule has 0 radical (unpaired) electrons. The van der Waals surface area contributed by atoms with Gasteiger partial charge in [-0.1, -0.05) is 0 Å². The molecular formula is C18H30N2O3. The summed E-state index contributed by atoms with van der Waals surface area (Å²) in [5, 5.41) is 3.30. The molecule has 130 valence electrons. The third-order valence-corrected chi connectivity index (χ3v) is 3.84. The minimum Gasteiger partial charge on any atom is -0.493 e. The molecule has 0 aliphatic heterocycles. The number of hydrogen-bond acceptors (Lipinski definition) is 4. The standard InChI is InChI=1S/C18H30N2O3/c1-11(2)20(12(3)4)18(21)14(6)19-15-10-17(23-8)16(22-7)9-13(15)5/h9-12,14,19H,1-8H3. The summed E-state index contributed by atoms with van der Waals surface area (Å²) < 4.78 is 10.6. The van der Waals surface area contributed by atoms with Crippen molar-refractivity contribution in [3.8, 4) is 11.5 Å². The fraction of sp³-hybridized carbons (Fsp3) is 0.611. The Balaban J connectivity index is 3.00. The first-order valence-corrected chi connectivity index (χ1v) is 8.04. The van der Waals surface area contributed by atoms with Crippen molar-refractivity contribution in [3.05, 3.63) is 17.7 Å². The van der Waals surface area contributed by atoms with E-state index in [0.717, 1.165) is 11.3 Å². The normalized spacial score (nSPS) is 12.3. The maximum absolute atomic E-state index is 12.7. The van der Waals surface area contributed by atoms with Gasteiger partial charge in [0.15, 0.2) is 11.5 Å². The van der Waals surface area contributed by atoms with Crippen molar-refractivity contribution in [3.63, 3.8) is 0 Å². The number of ether oxygens (including phenoxy) is 2. The predicted molar refractivity (Wildman–Crippen MR) is 94.5 cm³/mol. The molecular weight excluding hydrogens is 292 g/mol. The van der Waals surface area contributed by atoms with Gasteiger partial charge in [0.2, 0.25) is 5.91 Å². The van der Waals surface area contributed by atoms with Gasteiger partial charge in [-0.2, -0.15) is 0 Å². The largest absolute Gasteiger partial charge is 0.493 e. The average Bonchev–Trinajstić information content (AvgIpc) is 2.47. The summed E-state index contributed by atoms with van der Waals surface area (Å²) in [5.41, 5.74) is 1.87. The first kappa shape index (κ1) is 19.1. The summed E-state index contributed by atoms with van der Waals surface area (Å²) in [6.07, 6.45) is 0. The van der Waals surface area contributed by atoms with Crippen molar-refractivity contribution in [2.24, 2.45) is 0 Å². The Morgan fingerprint density at radius 1 is 1.00 bits per heavy atom. The Labute approximate surface area is 140 Å². The molecule has 0 fully saturated rings. The van der Waals surface area contributed by atoms with Gasteiger partial charge in [0.25, 0.3) is 0 Å². The molecule has 5 nitrogen and oxygen atoms in total. The van der Waals surface area contributed by atoms with Gasteiger partial charge in [0, 0.05) is 23.8 Å². The molecule has 1 amide bonds. The Kier molecular flexibility index (Phi) is 6.73. The first-order valence-electron chi connectivity index (χ1n) is 8.04. The lowest BCUT2D eigenvalue weighted by Crippen LogP contribution is -2.48. The van der Waals surface area contributed by atoms with Crippen LogP contribution in [0.3, 0.4) is 0 Å². The molecule has 0 saturated heterocycles. The summed E-state index contributed by atoms with van der Waals surface area (Å²) in [4.78, 5) is 14.6. The van der Waals surface area contributed by atoms with Crippen molar-refractivity contribution in [1.29, 1.82) is 0 Å². The number of rotatable bonds is 7. The second kappa shape index (κ2) is 8.09. The molecule has 0 aliphatic carbocycles. The minimum atomic E-state index is -0.323. The van der Waals surface area contributed by atoms with Crippen molar-refractivity contribution < 1.29 is 14.3 Å². The number of nitrogens with one attached hydrogen (secondary N) is 1. The molecule has 0 saturated carbocycles. The summed E-state index contributed by atoms with van der Waals surface area (Å²) in [6, 6.07) is 3.78. The van der Waals surface area contributed by atoms with Crippen molar-refractivity contribution in [1.82, 2.24) is 4.90 Å². The highest BCUT2D eigenvalue weighted by atomic mass is 16.5. The fourth-order valence-corrected chi connectivity index (χ4v) is 2.76. The molecule has 1 aromatic rings. The van der Waals surface area contributed by atoms with Crippen LogP contribution in [0.1, 0.15) is 40.2 Å². The fourth-order valence-electron chi connectivity index (χ4n) is 2.76. The Morgan fingerprint density at radius 3 is 1.91 bits per heavy atom. The highest BCUT2D eigenvalue weighted by molar-refractivity contribution is 5.85. The zero-order chi connectivity index (χ0) is 17.7. The molecule has 0 aromatic heterocycles. The van der Waals surface area contributed by atoms with Crippen LogP contribution in [0.2, 0.25) is 0 Å². The quantitative estimate of drug-likeness (QED) is 0.835. The molecule has 1 rings (SSSR count). The number of carbonyl (C=O) groups excluding carboxylic acids is 1. The van der Waals surface area contributed by atoms with Gasteiger partial charge in [0.1, 0.15) is 6.04 Å². The lowest BCUT2D eigenvalue weighted by Gasteiger charge is -2.33. The van der Waals surface area contributed by atoms with Gasteiger partial charge in [-0.05, 0) is 53.2 Å². The van der Waals surface area contributed by atoms with Crippen LogP contribution in [0.4, 0.5) is 5.69 Å². The van der Waals surface area contributed by atoms with Gasteiger partial charge in [-0.25, -0.2) is 0 Å². The predicted octanol–water partition coefficient (Wildman–Crippen LogP) is 3.46. The van der Waals surface area contributed by atoms with Crippen LogP contribution < -0.4 is 14.8 Å². The number of nitrogens with zero attached hydrogens (tertiary/aromatic N) is 1. The minimum absolute atomic E-state index is 0.0872. The summed E-state index contributed by atoms with van der Waals surface area (Å²) in [7, 11) is 3.21. The lowest BCUT2D eigenvalue weighted by molar-refractivity contribution is -0.135. The van der Waals surface area contributed by atoms with Crippen LogP contribution >= 0.6 is 0 Å². The smallest absolute Gasteiger partial charge is 0.245 e. The van der Waals surface area contributed by atoms with E-state index in [1.165, 1.54) is 0 Å². The van der Waals surface area contributed by atoms with E-state index in [2.05, 4.69) is 5.32 Å². The second-order valence-electron chi connectivity index (χ2n) is 6.32. The van der Waals surface area contributed by atoms with E-state index in [0.29, 0.717) is 11.5 Å². The average molecular weight is 322 g/mol. The molecule has 1 atom stereocenters. The number of aryl methyl sites for hydroxylation is 1. The maximum Gasteiger partial charge on any atom is 0.245 e. The Morgan fingerprint density at radius 2 is 1.48 bits per heavy atom. The molecule has 1 unspecified atom stereocenters. The van der Waals surface area contributed by atoms with E-state index in [1.807, 2.05) is 58.6 Å². The van der Waals surface area contributed by atoms with E-state index >= 15 is 0 Å². The van der Waals surface area contributed by atoms with E-state index in [9.17, 15) is 4.79 Å². The summed E-state index contributed by atoms with van der Waals surface area (Å²) in [5.74, 6) is 1.41. The number of carbonyl (C=O) groups is 1. The van der Waals surface area contributed by atoms with Crippen LogP contribution in [0.5, 0.6) is 11.5 Å². The molecule has 23 heavy (non-hydrogen) atoms. The third-order valence-electron chi connectivity index (χ3n) is 3.84. The topological polar surface area (TPSA) is 50.8 Å². The molecule has 5 heteroatoms. The monoisotopic (exact) mass is 322 g/mol. The van der Waals surface area contributed by atoms with Crippen LogP contribution in [0.15, 0.2) is 12.1 Å². The molecule has 1 aromatic carbocycles. The number of methoxy groups -OCH3 is 2. The summed E-state index contributed by atoms with van der Waals surface area (Å²) >= 11 is 0. The van der Waals surface area contributed by atoms with E-state index < -0.39 is 0 Å². The molecule has 0 bridgehead atoms. The number of benzene rings is 1. The highest BCUT2D eigenvalue weighted by Gasteiger charge is 2.25. The number of hydrogen-bond donors (Lipinski definition) is 1. The van der Waals surface area contributed by atoms with E-state index in [4.69, 9.17) is 9.47 Å². The highest BCUT2D eigenvalue weighted by Crippen LogP contribution is 2.33. The van der Waals surface area contributed by atoms with Gasteiger partial charge in [-0.15, -0.1) is 0 Å². The molecule has 1 N–H and O–H groups in total. The van der Waals surface area contributed by atoms with Crippen LogP contribution in [0, 0.1) is 6.92 Å². The maximum atomic E-state index is 12.7. The van der Waals surface area contributed by atoms with Gasteiger partial charge in [0.05, 0.1) is 14.2 Å². The van der Waals surface area contributed by atoms with Gasteiger partial charge in [-0.3, -0.25) is 4.79 Å². The zero-order valence-corrected chi connectivity index (χ0v) is 15.6. The molecule has 0 heterocycles. The van der Waals surface area contributed by atoms with Crippen molar-refractivity contribution in [2.75, 3.05) is 19.5 Å².